The van der Waals surface area contributed by atoms with Crippen LogP contribution in [0, 0.1) is 5.92 Å². The number of methoxy groups -OCH3 is 2. The first-order valence-corrected chi connectivity index (χ1v) is 8.18. The molecule has 1 saturated heterocycles. The molecule has 0 bridgehead atoms. The monoisotopic (exact) mass is 361 g/mol. The van der Waals surface area contributed by atoms with Gasteiger partial charge in [-0.1, -0.05) is 6.08 Å². The molecule has 26 heavy (non-hydrogen) atoms. The zero-order valence-electron chi connectivity index (χ0n) is 15.1. The second-order valence-corrected chi connectivity index (χ2v) is 5.71. The number of hydrogen-bond acceptors (Lipinski definition) is 5. The van der Waals surface area contributed by atoms with Crippen molar-refractivity contribution < 1.29 is 23.9 Å². The first-order chi connectivity index (χ1) is 12.5. The second-order valence-electron chi connectivity index (χ2n) is 5.71. The zero-order chi connectivity index (χ0) is 19.1. The summed E-state index contributed by atoms with van der Waals surface area (Å²) < 4.78 is 10.4. The normalized spacial score (nSPS) is 16.7. The van der Waals surface area contributed by atoms with Crippen LogP contribution >= 0.6 is 0 Å². The minimum absolute atomic E-state index is 0.127. The van der Waals surface area contributed by atoms with Crippen LogP contribution in [0.15, 0.2) is 30.4 Å². The maximum Gasteiger partial charge on any atom is 0.243 e. The largest absolute Gasteiger partial charge is 0.493 e. The number of carbonyl (C=O) groups excluding carboxylic acids is 3. The summed E-state index contributed by atoms with van der Waals surface area (Å²) in [7, 11) is 4.59. The van der Waals surface area contributed by atoms with Crippen LogP contribution in [0.4, 0.5) is 5.69 Å². The fourth-order valence-electron chi connectivity index (χ4n) is 2.68. The third-order valence-corrected chi connectivity index (χ3v) is 4.08. The lowest BCUT2D eigenvalue weighted by Gasteiger charge is -2.18. The second kappa shape index (κ2) is 8.89. The summed E-state index contributed by atoms with van der Waals surface area (Å²) in [5.74, 6) is 0.0604. The number of hydrogen-bond donors (Lipinski definition) is 2. The number of nitrogens with one attached hydrogen (secondary N) is 2. The van der Waals surface area contributed by atoms with Crippen LogP contribution in [0.5, 0.6) is 11.5 Å². The molecule has 0 aromatic heterocycles. The molecule has 0 aliphatic carbocycles. The van der Waals surface area contributed by atoms with E-state index in [0.29, 0.717) is 23.7 Å². The molecule has 0 radical (unpaired) electrons. The molecule has 1 aliphatic rings. The van der Waals surface area contributed by atoms with Crippen molar-refractivity contribution in [2.24, 2.45) is 5.92 Å². The van der Waals surface area contributed by atoms with Crippen LogP contribution < -0.4 is 25.0 Å². The summed E-state index contributed by atoms with van der Waals surface area (Å²) in [5.41, 5.74) is 0.655. The topological polar surface area (TPSA) is 97.0 Å². The van der Waals surface area contributed by atoms with E-state index in [1.54, 1.807) is 29.2 Å². The van der Waals surface area contributed by atoms with Crippen LogP contribution in [-0.2, 0) is 14.4 Å². The maximum atomic E-state index is 12.3. The van der Waals surface area contributed by atoms with E-state index in [-0.39, 0.29) is 30.7 Å². The van der Waals surface area contributed by atoms with Crippen molar-refractivity contribution in [3.8, 4) is 11.5 Å². The molecule has 2 N–H and O–H groups in total. The highest BCUT2D eigenvalue weighted by molar-refractivity contribution is 6.00. The SMILES string of the molecule is CNC(=O)/C=C/CNC(=O)[C@H]1CC(=O)N(c2ccc(OC)c(OC)c2)C1. The number of ether oxygens (including phenoxy) is 2. The van der Waals surface area contributed by atoms with Gasteiger partial charge in [0.2, 0.25) is 17.7 Å². The molecule has 2 rings (SSSR count). The van der Waals surface area contributed by atoms with Crippen LogP contribution in [0.1, 0.15) is 6.42 Å². The van der Waals surface area contributed by atoms with Gasteiger partial charge in [0.1, 0.15) is 0 Å². The molecule has 1 fully saturated rings. The summed E-state index contributed by atoms with van der Waals surface area (Å²) in [6.45, 7) is 0.520. The standard InChI is InChI=1S/C18H23N3O5/c1-19-16(22)5-4-8-20-18(24)12-9-17(23)21(11-12)13-6-7-14(25-2)15(10-13)26-3/h4-7,10,12H,8-9,11H2,1-3H3,(H,19,22)(H,20,24)/b5-4+/t12-/m0/s1. The number of benzene rings is 1. The molecule has 140 valence electrons. The third kappa shape index (κ3) is 4.53. The van der Waals surface area contributed by atoms with Gasteiger partial charge in [0.05, 0.1) is 20.1 Å². The highest BCUT2D eigenvalue weighted by Crippen LogP contribution is 2.34. The molecule has 1 aromatic carbocycles. The van der Waals surface area contributed by atoms with Gasteiger partial charge in [-0.2, -0.15) is 0 Å². The van der Waals surface area contributed by atoms with Gasteiger partial charge < -0.3 is 25.0 Å². The summed E-state index contributed by atoms with van der Waals surface area (Å²) in [6.07, 6.45) is 3.04. The lowest BCUT2D eigenvalue weighted by atomic mass is 10.1. The van der Waals surface area contributed by atoms with E-state index in [4.69, 9.17) is 9.47 Å². The fraction of sp³-hybridized carbons (Fsp3) is 0.389. The number of amides is 3. The average Bonchev–Trinajstić information content (AvgIpc) is 3.05. The maximum absolute atomic E-state index is 12.3. The van der Waals surface area contributed by atoms with E-state index in [1.807, 2.05) is 0 Å². The van der Waals surface area contributed by atoms with Crippen molar-refractivity contribution in [2.45, 2.75) is 6.42 Å². The minimum atomic E-state index is -0.441. The first kappa shape index (κ1) is 19.3. The lowest BCUT2D eigenvalue weighted by molar-refractivity contribution is -0.126. The molecule has 8 nitrogen and oxygen atoms in total. The molecule has 1 aromatic rings. The van der Waals surface area contributed by atoms with E-state index >= 15 is 0 Å². The van der Waals surface area contributed by atoms with Crippen molar-refractivity contribution in [1.82, 2.24) is 10.6 Å². The molecule has 1 aliphatic heterocycles. The average molecular weight is 361 g/mol. The Balaban J connectivity index is 1.98. The number of likely N-dealkylation sites (N-methyl/N-ethyl adjacent to an activating group) is 1. The van der Waals surface area contributed by atoms with E-state index in [0.717, 1.165) is 0 Å². The molecule has 8 heteroatoms. The van der Waals surface area contributed by atoms with Gasteiger partial charge in [0.15, 0.2) is 11.5 Å². The molecule has 0 saturated carbocycles. The van der Waals surface area contributed by atoms with Crippen molar-refractivity contribution in [3.05, 3.63) is 30.4 Å². The third-order valence-electron chi connectivity index (χ3n) is 4.08. The van der Waals surface area contributed by atoms with E-state index in [2.05, 4.69) is 10.6 Å². The number of rotatable bonds is 7. The Morgan fingerprint density at radius 1 is 1.27 bits per heavy atom. The Morgan fingerprint density at radius 2 is 2.00 bits per heavy atom. The van der Waals surface area contributed by atoms with Crippen LogP contribution in [0.2, 0.25) is 0 Å². The Labute approximate surface area is 152 Å². The number of carbonyl (C=O) groups is 3. The fourth-order valence-corrected chi connectivity index (χ4v) is 2.68. The summed E-state index contributed by atoms with van der Waals surface area (Å²) in [6, 6.07) is 5.19. The molecule has 1 atom stereocenters. The van der Waals surface area contributed by atoms with E-state index in [9.17, 15) is 14.4 Å². The summed E-state index contributed by atoms with van der Waals surface area (Å²) >= 11 is 0. The smallest absolute Gasteiger partial charge is 0.243 e. The molecule has 3 amide bonds. The van der Waals surface area contributed by atoms with E-state index < -0.39 is 5.92 Å². The number of nitrogens with zero attached hydrogens (tertiary/aromatic N) is 1. The van der Waals surface area contributed by atoms with Crippen molar-refractivity contribution in [3.63, 3.8) is 0 Å². The molecular formula is C18H23N3O5. The van der Waals surface area contributed by atoms with Crippen molar-refractivity contribution >= 4 is 23.4 Å². The minimum Gasteiger partial charge on any atom is -0.493 e. The van der Waals surface area contributed by atoms with Gasteiger partial charge in [0.25, 0.3) is 0 Å². The van der Waals surface area contributed by atoms with Crippen LogP contribution in [0.3, 0.4) is 0 Å². The predicted molar refractivity (Wildman–Crippen MR) is 96.2 cm³/mol. The van der Waals surface area contributed by atoms with Crippen molar-refractivity contribution in [2.75, 3.05) is 39.3 Å². The van der Waals surface area contributed by atoms with Gasteiger partial charge >= 0.3 is 0 Å². The molecular weight excluding hydrogens is 338 g/mol. The van der Waals surface area contributed by atoms with E-state index in [1.165, 1.54) is 27.3 Å². The molecule has 0 spiro atoms. The van der Waals surface area contributed by atoms with Gasteiger partial charge in [-0.3, -0.25) is 14.4 Å². The molecule has 1 heterocycles. The first-order valence-electron chi connectivity index (χ1n) is 8.18. The van der Waals surface area contributed by atoms with Gasteiger partial charge in [-0.15, -0.1) is 0 Å². The Bertz CT molecular complexity index is 717. The Hall–Kier alpha value is -3.03. The highest BCUT2D eigenvalue weighted by atomic mass is 16.5. The highest BCUT2D eigenvalue weighted by Gasteiger charge is 2.35. The molecule has 0 unspecified atom stereocenters. The summed E-state index contributed by atoms with van der Waals surface area (Å²) in [5, 5.41) is 5.15. The summed E-state index contributed by atoms with van der Waals surface area (Å²) in [4.78, 5) is 37.2. The van der Waals surface area contributed by atoms with Crippen molar-refractivity contribution in [1.29, 1.82) is 0 Å². The van der Waals surface area contributed by atoms with Gasteiger partial charge in [-0.05, 0) is 12.1 Å². The number of anilines is 1. The van der Waals surface area contributed by atoms with Crippen LogP contribution in [-0.4, -0.2) is 52.1 Å². The Kier molecular flexibility index (Phi) is 6.60. The lowest BCUT2D eigenvalue weighted by Crippen LogP contribution is -2.33. The zero-order valence-corrected chi connectivity index (χ0v) is 15.1. The van der Waals surface area contributed by atoms with Crippen LogP contribution in [0.25, 0.3) is 0 Å². The van der Waals surface area contributed by atoms with Gasteiger partial charge in [-0.25, -0.2) is 0 Å². The predicted octanol–water partition coefficient (Wildman–Crippen LogP) is 0.475. The van der Waals surface area contributed by atoms with Gasteiger partial charge in [0, 0.05) is 44.4 Å². The Morgan fingerprint density at radius 3 is 2.65 bits per heavy atom. The quantitative estimate of drug-likeness (QED) is 0.689.